The molecule has 0 heterocycles. The molecule has 3 N–H and O–H groups in total. The Hall–Kier alpha value is -1.36. The highest BCUT2D eigenvalue weighted by Gasteiger charge is 2.21. The molecular weight excluding hydrogens is 284 g/mol. The highest BCUT2D eigenvalue weighted by molar-refractivity contribution is 7.85. The average Bonchev–Trinajstić information content (AvgIpc) is 2.98. The first-order chi connectivity index (χ1) is 10.1. The van der Waals surface area contributed by atoms with Crippen LogP contribution in [0, 0.1) is 6.92 Å². The van der Waals surface area contributed by atoms with E-state index in [2.05, 4.69) is 5.32 Å². The quantitative estimate of drug-likeness (QED) is 0.794. The topological polar surface area (TPSA) is 72.2 Å². The third-order valence-corrected chi connectivity index (χ3v) is 5.98. The van der Waals surface area contributed by atoms with E-state index in [1.54, 1.807) is 0 Å². The van der Waals surface area contributed by atoms with Gasteiger partial charge in [-0.3, -0.25) is 9.00 Å². The third-order valence-electron chi connectivity index (χ3n) is 4.07. The van der Waals surface area contributed by atoms with Gasteiger partial charge in [0.1, 0.15) is 0 Å². The van der Waals surface area contributed by atoms with Gasteiger partial charge in [-0.05, 0) is 43.9 Å². The van der Waals surface area contributed by atoms with Crippen molar-refractivity contribution in [3.8, 4) is 0 Å². The first-order valence-electron chi connectivity index (χ1n) is 7.60. The molecule has 0 bridgehead atoms. The van der Waals surface area contributed by atoms with Gasteiger partial charge in [0.2, 0.25) is 5.91 Å². The molecule has 1 atom stereocenters. The SMILES string of the molecule is Cc1c(N)cccc1NC(=O)CCCS(=O)C1CCCC1. The highest BCUT2D eigenvalue weighted by Crippen LogP contribution is 2.24. The number of anilines is 2. The van der Waals surface area contributed by atoms with Gasteiger partial charge >= 0.3 is 0 Å². The number of carbonyl (C=O) groups excluding carboxylic acids is 1. The summed E-state index contributed by atoms with van der Waals surface area (Å²) < 4.78 is 12.0. The lowest BCUT2D eigenvalue weighted by Crippen LogP contribution is -2.17. The fourth-order valence-electron chi connectivity index (χ4n) is 2.69. The van der Waals surface area contributed by atoms with Crippen molar-refractivity contribution in [3.63, 3.8) is 0 Å². The minimum atomic E-state index is -0.766. The number of nitrogen functional groups attached to an aromatic ring is 1. The molecule has 2 rings (SSSR count). The maximum atomic E-state index is 12.0. The van der Waals surface area contributed by atoms with E-state index in [1.165, 1.54) is 12.8 Å². The van der Waals surface area contributed by atoms with E-state index in [0.29, 0.717) is 29.5 Å². The van der Waals surface area contributed by atoms with Crippen LogP contribution >= 0.6 is 0 Å². The van der Waals surface area contributed by atoms with Gasteiger partial charge < -0.3 is 11.1 Å². The average molecular weight is 308 g/mol. The Morgan fingerprint density at radius 2 is 2.10 bits per heavy atom. The van der Waals surface area contributed by atoms with E-state index in [1.807, 2.05) is 25.1 Å². The van der Waals surface area contributed by atoms with Crippen LogP contribution in [0.2, 0.25) is 0 Å². The van der Waals surface area contributed by atoms with Crippen LogP contribution in [0.15, 0.2) is 18.2 Å². The van der Waals surface area contributed by atoms with Crippen molar-refractivity contribution in [2.24, 2.45) is 0 Å². The number of benzene rings is 1. The number of nitrogens with one attached hydrogen (secondary N) is 1. The van der Waals surface area contributed by atoms with Crippen molar-refractivity contribution >= 4 is 28.1 Å². The van der Waals surface area contributed by atoms with Crippen molar-refractivity contribution in [3.05, 3.63) is 23.8 Å². The van der Waals surface area contributed by atoms with E-state index in [-0.39, 0.29) is 5.91 Å². The Morgan fingerprint density at radius 3 is 2.81 bits per heavy atom. The molecule has 116 valence electrons. The lowest BCUT2D eigenvalue weighted by Gasteiger charge is -2.11. The fourth-order valence-corrected chi connectivity index (χ4v) is 4.32. The lowest BCUT2D eigenvalue weighted by molar-refractivity contribution is -0.116. The first-order valence-corrected chi connectivity index (χ1v) is 8.98. The van der Waals surface area contributed by atoms with E-state index in [0.717, 1.165) is 24.1 Å². The minimum absolute atomic E-state index is 0.0351. The van der Waals surface area contributed by atoms with Crippen LogP contribution in [0.25, 0.3) is 0 Å². The second-order valence-electron chi connectivity index (χ2n) is 5.66. The predicted molar refractivity (Wildman–Crippen MR) is 88.7 cm³/mol. The molecule has 1 aliphatic rings. The van der Waals surface area contributed by atoms with E-state index in [4.69, 9.17) is 5.73 Å². The van der Waals surface area contributed by atoms with Crippen LogP contribution < -0.4 is 11.1 Å². The molecule has 5 heteroatoms. The number of hydrogen-bond acceptors (Lipinski definition) is 3. The van der Waals surface area contributed by atoms with Gasteiger partial charge in [0.25, 0.3) is 0 Å². The molecule has 0 radical (unpaired) electrons. The van der Waals surface area contributed by atoms with Gasteiger partial charge in [-0.25, -0.2) is 0 Å². The second kappa shape index (κ2) is 7.59. The molecule has 1 aliphatic carbocycles. The standard InChI is InChI=1S/C16H24N2O2S/c1-12-14(17)8-4-9-15(12)18-16(19)10-5-11-21(20)13-6-2-3-7-13/h4,8-9,13H,2-3,5-7,10-11,17H2,1H3,(H,18,19). The summed E-state index contributed by atoms with van der Waals surface area (Å²) in [7, 11) is -0.766. The van der Waals surface area contributed by atoms with Crippen molar-refractivity contribution in [1.82, 2.24) is 0 Å². The van der Waals surface area contributed by atoms with Gasteiger partial charge in [-0.15, -0.1) is 0 Å². The predicted octanol–water partition coefficient (Wildman–Crippen LogP) is 2.99. The zero-order chi connectivity index (χ0) is 15.2. The smallest absolute Gasteiger partial charge is 0.224 e. The Morgan fingerprint density at radius 1 is 1.38 bits per heavy atom. The summed E-state index contributed by atoms with van der Waals surface area (Å²) in [5, 5.41) is 3.24. The van der Waals surface area contributed by atoms with Gasteiger partial charge in [0.05, 0.1) is 0 Å². The number of amides is 1. The van der Waals surface area contributed by atoms with Crippen LogP contribution in [-0.4, -0.2) is 21.1 Å². The Labute approximate surface area is 129 Å². The summed E-state index contributed by atoms with van der Waals surface area (Å²) in [5.74, 6) is 0.598. The molecule has 21 heavy (non-hydrogen) atoms. The molecule has 0 spiro atoms. The first kappa shape index (κ1) is 16.0. The van der Waals surface area contributed by atoms with Crippen LogP contribution in [0.4, 0.5) is 11.4 Å². The maximum absolute atomic E-state index is 12.0. The molecule has 1 aromatic rings. The van der Waals surface area contributed by atoms with Crippen LogP contribution in [0.1, 0.15) is 44.1 Å². The molecule has 1 unspecified atom stereocenters. The van der Waals surface area contributed by atoms with Crippen LogP contribution in [0.5, 0.6) is 0 Å². The normalized spacial score (nSPS) is 16.8. The van der Waals surface area contributed by atoms with Crippen LogP contribution in [-0.2, 0) is 15.6 Å². The van der Waals surface area contributed by atoms with Crippen molar-refractivity contribution in [2.45, 2.75) is 50.7 Å². The van der Waals surface area contributed by atoms with Crippen molar-refractivity contribution in [1.29, 1.82) is 0 Å². The Balaban J connectivity index is 1.74. The van der Waals surface area contributed by atoms with Gasteiger partial charge in [0.15, 0.2) is 0 Å². The number of carbonyl (C=O) groups is 1. The molecule has 0 aliphatic heterocycles. The van der Waals surface area contributed by atoms with E-state index >= 15 is 0 Å². The molecular formula is C16H24N2O2S. The largest absolute Gasteiger partial charge is 0.398 e. The monoisotopic (exact) mass is 308 g/mol. The van der Waals surface area contributed by atoms with E-state index in [9.17, 15) is 9.00 Å². The van der Waals surface area contributed by atoms with Crippen LogP contribution in [0.3, 0.4) is 0 Å². The molecule has 1 fully saturated rings. The summed E-state index contributed by atoms with van der Waals surface area (Å²) in [6.45, 7) is 1.89. The molecule has 0 aromatic heterocycles. The van der Waals surface area contributed by atoms with Gasteiger partial charge in [-0.2, -0.15) is 0 Å². The molecule has 1 saturated carbocycles. The highest BCUT2D eigenvalue weighted by atomic mass is 32.2. The number of rotatable bonds is 6. The summed E-state index contributed by atoms with van der Waals surface area (Å²) in [4.78, 5) is 11.9. The molecule has 1 aromatic carbocycles. The third kappa shape index (κ3) is 4.56. The van der Waals surface area contributed by atoms with Gasteiger partial charge in [0, 0.05) is 39.6 Å². The zero-order valence-corrected chi connectivity index (χ0v) is 13.4. The fraction of sp³-hybridized carbons (Fsp3) is 0.562. The van der Waals surface area contributed by atoms with Gasteiger partial charge in [-0.1, -0.05) is 18.9 Å². The van der Waals surface area contributed by atoms with E-state index < -0.39 is 10.8 Å². The number of nitrogens with two attached hydrogens (primary N) is 1. The molecule has 4 nitrogen and oxygen atoms in total. The second-order valence-corrected chi connectivity index (χ2v) is 7.50. The lowest BCUT2D eigenvalue weighted by atomic mass is 10.1. The number of hydrogen-bond donors (Lipinski definition) is 2. The minimum Gasteiger partial charge on any atom is -0.398 e. The Bertz CT molecular complexity index is 525. The summed E-state index contributed by atoms with van der Waals surface area (Å²) in [6.07, 6.45) is 5.66. The summed E-state index contributed by atoms with van der Waals surface area (Å²) in [6, 6.07) is 5.49. The molecule has 1 amide bonds. The summed E-state index contributed by atoms with van der Waals surface area (Å²) >= 11 is 0. The molecule has 0 saturated heterocycles. The zero-order valence-electron chi connectivity index (χ0n) is 12.6. The Kier molecular flexibility index (Phi) is 5.79. The van der Waals surface area contributed by atoms with Crippen molar-refractivity contribution < 1.29 is 9.00 Å². The van der Waals surface area contributed by atoms with Crippen molar-refractivity contribution in [2.75, 3.05) is 16.8 Å². The summed E-state index contributed by atoms with van der Waals surface area (Å²) in [5.41, 5.74) is 8.14. The maximum Gasteiger partial charge on any atom is 0.224 e.